The van der Waals surface area contributed by atoms with Gasteiger partial charge in [0.25, 0.3) is 0 Å². The van der Waals surface area contributed by atoms with Crippen molar-refractivity contribution in [2.24, 2.45) is 0 Å². The number of carbonyl (C=O) groups excluding carboxylic acids is 2. The molecule has 0 radical (unpaired) electrons. The average Bonchev–Trinajstić information content (AvgIpc) is 3.09. The number of hydrogen-bond acceptors (Lipinski definition) is 7. The van der Waals surface area contributed by atoms with Crippen LogP contribution in [0.2, 0.25) is 0 Å². The second-order valence-corrected chi connectivity index (χ2v) is 7.22. The second kappa shape index (κ2) is 9.69. The van der Waals surface area contributed by atoms with Crippen LogP contribution >= 0.6 is 0 Å². The number of esters is 2. The summed E-state index contributed by atoms with van der Waals surface area (Å²) in [7, 11) is 1.36. The minimum Gasteiger partial charge on any atom is -0.466 e. The summed E-state index contributed by atoms with van der Waals surface area (Å²) < 4.78 is 15.7. The predicted octanol–water partition coefficient (Wildman–Crippen LogP) is 3.74. The van der Waals surface area contributed by atoms with E-state index in [4.69, 9.17) is 13.9 Å². The quantitative estimate of drug-likeness (QED) is 0.655. The van der Waals surface area contributed by atoms with Crippen molar-refractivity contribution in [3.05, 3.63) is 41.3 Å². The van der Waals surface area contributed by atoms with E-state index in [1.165, 1.54) is 7.11 Å². The zero-order chi connectivity index (χ0) is 20.8. The molecule has 0 saturated carbocycles. The Morgan fingerprint density at radius 2 is 2.00 bits per heavy atom. The Bertz CT molecular complexity index is 843. The van der Waals surface area contributed by atoms with Gasteiger partial charge in [0.15, 0.2) is 0 Å². The van der Waals surface area contributed by atoms with Crippen molar-refractivity contribution < 1.29 is 23.5 Å². The first-order valence-electron chi connectivity index (χ1n) is 10.1. The van der Waals surface area contributed by atoms with Crippen LogP contribution < -0.4 is 0 Å². The molecule has 2 heterocycles. The highest BCUT2D eigenvalue weighted by molar-refractivity contribution is 5.89. The lowest BCUT2D eigenvalue weighted by atomic mass is 9.99. The number of oxazole rings is 1. The van der Waals surface area contributed by atoms with Crippen LogP contribution in [-0.4, -0.2) is 48.1 Å². The number of carbonyl (C=O) groups is 2. The fourth-order valence-electron chi connectivity index (χ4n) is 3.67. The Hall–Kier alpha value is -2.67. The summed E-state index contributed by atoms with van der Waals surface area (Å²) in [6.07, 6.45) is 3.62. The molecule has 29 heavy (non-hydrogen) atoms. The molecule has 7 nitrogen and oxygen atoms in total. The Morgan fingerprint density at radius 1 is 1.24 bits per heavy atom. The molecule has 1 aliphatic heterocycles. The monoisotopic (exact) mass is 400 g/mol. The molecule has 1 fully saturated rings. The SMILES string of the molecule is CCOC(=O)CC1CCCCN1Cc1nc(-c2ccc(C(=O)OC)cc2)oc1C. The summed E-state index contributed by atoms with van der Waals surface area (Å²) in [5.41, 5.74) is 2.15. The molecule has 156 valence electrons. The first-order chi connectivity index (χ1) is 14.0. The maximum atomic E-state index is 11.9. The minimum absolute atomic E-state index is 0.146. The van der Waals surface area contributed by atoms with Gasteiger partial charge in [0.1, 0.15) is 5.76 Å². The fourth-order valence-corrected chi connectivity index (χ4v) is 3.67. The lowest BCUT2D eigenvalue weighted by Gasteiger charge is -2.34. The number of hydrogen-bond donors (Lipinski definition) is 0. The molecule has 0 spiro atoms. The van der Waals surface area contributed by atoms with Gasteiger partial charge in [0, 0.05) is 18.2 Å². The van der Waals surface area contributed by atoms with Gasteiger partial charge in [-0.05, 0) is 57.5 Å². The Morgan fingerprint density at radius 3 is 2.69 bits per heavy atom. The molecular formula is C22H28N2O5. The third kappa shape index (κ3) is 5.23. The molecule has 0 amide bonds. The molecule has 1 aromatic carbocycles. The maximum absolute atomic E-state index is 11.9. The van der Waals surface area contributed by atoms with E-state index in [1.54, 1.807) is 24.3 Å². The van der Waals surface area contributed by atoms with E-state index in [2.05, 4.69) is 9.88 Å². The molecule has 2 aromatic rings. The van der Waals surface area contributed by atoms with Crippen LogP contribution in [0, 0.1) is 6.92 Å². The predicted molar refractivity (Wildman–Crippen MR) is 107 cm³/mol. The van der Waals surface area contributed by atoms with E-state index in [-0.39, 0.29) is 18.0 Å². The molecule has 1 aliphatic rings. The highest BCUT2D eigenvalue weighted by Crippen LogP contribution is 2.26. The first kappa shape index (κ1) is 21.0. The van der Waals surface area contributed by atoms with Crippen LogP contribution in [0.15, 0.2) is 28.7 Å². The van der Waals surface area contributed by atoms with E-state index in [0.29, 0.717) is 31.0 Å². The van der Waals surface area contributed by atoms with Gasteiger partial charge in [-0.15, -0.1) is 0 Å². The zero-order valence-corrected chi connectivity index (χ0v) is 17.3. The van der Waals surface area contributed by atoms with Crippen molar-refractivity contribution in [3.8, 4) is 11.5 Å². The number of benzene rings is 1. The molecule has 3 rings (SSSR count). The van der Waals surface area contributed by atoms with Crippen LogP contribution in [0.5, 0.6) is 0 Å². The van der Waals surface area contributed by atoms with E-state index in [0.717, 1.165) is 42.8 Å². The van der Waals surface area contributed by atoms with Crippen LogP contribution in [0.3, 0.4) is 0 Å². The highest BCUT2D eigenvalue weighted by Gasteiger charge is 2.27. The van der Waals surface area contributed by atoms with E-state index < -0.39 is 0 Å². The van der Waals surface area contributed by atoms with Gasteiger partial charge in [0.05, 0.1) is 31.4 Å². The van der Waals surface area contributed by atoms with Crippen LogP contribution in [0.25, 0.3) is 11.5 Å². The van der Waals surface area contributed by atoms with Gasteiger partial charge in [-0.2, -0.15) is 0 Å². The van der Waals surface area contributed by atoms with Gasteiger partial charge in [-0.25, -0.2) is 9.78 Å². The van der Waals surface area contributed by atoms with Crippen molar-refractivity contribution in [2.45, 2.75) is 52.1 Å². The van der Waals surface area contributed by atoms with Gasteiger partial charge in [-0.3, -0.25) is 9.69 Å². The topological polar surface area (TPSA) is 81.9 Å². The molecule has 7 heteroatoms. The largest absolute Gasteiger partial charge is 0.466 e. The molecule has 0 aliphatic carbocycles. The standard InChI is InChI=1S/C22H28N2O5/c1-4-28-20(25)13-18-7-5-6-12-24(18)14-19-15(2)29-21(23-19)16-8-10-17(11-9-16)22(26)27-3/h8-11,18H,4-7,12-14H2,1-3H3. The Balaban J connectivity index is 1.72. The van der Waals surface area contributed by atoms with Crippen molar-refractivity contribution in [2.75, 3.05) is 20.3 Å². The molecule has 1 atom stereocenters. The van der Waals surface area contributed by atoms with Gasteiger partial charge in [-0.1, -0.05) is 6.42 Å². The summed E-state index contributed by atoms with van der Waals surface area (Å²) in [6, 6.07) is 7.15. The number of rotatable bonds is 7. The third-order valence-corrected chi connectivity index (χ3v) is 5.26. The zero-order valence-electron chi connectivity index (χ0n) is 17.3. The number of aryl methyl sites for hydroxylation is 1. The molecule has 0 N–H and O–H groups in total. The molecular weight excluding hydrogens is 372 g/mol. The summed E-state index contributed by atoms with van der Waals surface area (Å²) >= 11 is 0. The van der Waals surface area contributed by atoms with Gasteiger partial charge < -0.3 is 13.9 Å². The highest BCUT2D eigenvalue weighted by atomic mass is 16.5. The summed E-state index contributed by atoms with van der Waals surface area (Å²) in [6.45, 7) is 5.71. The number of methoxy groups -OCH3 is 1. The third-order valence-electron chi connectivity index (χ3n) is 5.26. The number of piperidine rings is 1. The maximum Gasteiger partial charge on any atom is 0.337 e. The Labute approximate surface area is 171 Å². The minimum atomic E-state index is -0.376. The van der Waals surface area contributed by atoms with Crippen LogP contribution in [0.4, 0.5) is 0 Å². The first-order valence-corrected chi connectivity index (χ1v) is 10.1. The lowest BCUT2D eigenvalue weighted by molar-refractivity contribution is -0.145. The van der Waals surface area contributed by atoms with E-state index in [9.17, 15) is 9.59 Å². The smallest absolute Gasteiger partial charge is 0.337 e. The molecule has 1 saturated heterocycles. The van der Waals surface area contributed by atoms with Crippen LogP contribution in [0.1, 0.15) is 54.4 Å². The van der Waals surface area contributed by atoms with E-state index in [1.807, 2.05) is 13.8 Å². The molecule has 1 unspecified atom stereocenters. The van der Waals surface area contributed by atoms with Gasteiger partial charge >= 0.3 is 11.9 Å². The second-order valence-electron chi connectivity index (χ2n) is 7.22. The van der Waals surface area contributed by atoms with Crippen molar-refractivity contribution in [1.29, 1.82) is 0 Å². The van der Waals surface area contributed by atoms with Crippen molar-refractivity contribution in [3.63, 3.8) is 0 Å². The number of aromatic nitrogens is 1. The summed E-state index contributed by atoms with van der Waals surface area (Å²) in [5, 5.41) is 0. The van der Waals surface area contributed by atoms with Crippen molar-refractivity contribution in [1.82, 2.24) is 9.88 Å². The van der Waals surface area contributed by atoms with Gasteiger partial charge in [0.2, 0.25) is 5.89 Å². The molecule has 1 aromatic heterocycles. The Kier molecular flexibility index (Phi) is 7.04. The summed E-state index contributed by atoms with van der Waals surface area (Å²) in [4.78, 5) is 30.5. The average molecular weight is 400 g/mol. The lowest BCUT2D eigenvalue weighted by Crippen LogP contribution is -2.40. The fraction of sp³-hybridized carbons (Fsp3) is 0.500. The van der Waals surface area contributed by atoms with Crippen molar-refractivity contribution >= 4 is 11.9 Å². The molecule has 0 bridgehead atoms. The summed E-state index contributed by atoms with van der Waals surface area (Å²) in [5.74, 6) is 0.761. The normalized spacial score (nSPS) is 17.1. The van der Waals surface area contributed by atoms with Crippen LogP contribution in [-0.2, 0) is 20.8 Å². The number of likely N-dealkylation sites (tertiary alicyclic amines) is 1. The number of ether oxygens (including phenoxy) is 2. The van der Waals surface area contributed by atoms with E-state index >= 15 is 0 Å². The number of nitrogens with zero attached hydrogens (tertiary/aromatic N) is 2.